The van der Waals surface area contributed by atoms with Crippen LogP contribution >= 0.6 is 0 Å². The van der Waals surface area contributed by atoms with Crippen molar-refractivity contribution in [3.63, 3.8) is 0 Å². The van der Waals surface area contributed by atoms with Gasteiger partial charge in [-0.3, -0.25) is 9.00 Å². The van der Waals surface area contributed by atoms with Crippen LogP contribution in [0.5, 0.6) is 0 Å². The second-order valence-electron chi connectivity index (χ2n) is 7.04. The molecular weight excluding hydrogens is 322 g/mol. The van der Waals surface area contributed by atoms with Crippen molar-refractivity contribution in [3.8, 4) is 0 Å². The molecule has 0 spiro atoms. The van der Waals surface area contributed by atoms with E-state index in [4.69, 9.17) is 0 Å². The number of nitrogens with zero attached hydrogens (tertiary/aromatic N) is 3. The molecule has 0 bridgehead atoms. The summed E-state index contributed by atoms with van der Waals surface area (Å²) in [6.07, 6.45) is 8.46. The predicted octanol–water partition coefficient (Wildman–Crippen LogP) is 2.37. The number of aromatic nitrogens is 2. The molecule has 128 valence electrons. The maximum Gasteiger partial charge on any atom is 0.235 e. The van der Waals surface area contributed by atoms with Gasteiger partial charge in [0.2, 0.25) is 5.91 Å². The first-order chi connectivity index (χ1) is 11.6. The van der Waals surface area contributed by atoms with Gasteiger partial charge in [-0.1, -0.05) is 6.07 Å². The zero-order valence-electron chi connectivity index (χ0n) is 13.9. The molecule has 5 nitrogen and oxygen atoms in total. The van der Waals surface area contributed by atoms with Crippen LogP contribution < -0.4 is 0 Å². The van der Waals surface area contributed by atoms with Crippen molar-refractivity contribution >= 4 is 22.4 Å². The molecule has 2 aliphatic rings. The van der Waals surface area contributed by atoms with E-state index in [0.29, 0.717) is 23.8 Å². The van der Waals surface area contributed by atoms with Crippen molar-refractivity contribution in [2.75, 3.05) is 5.75 Å². The average Bonchev–Trinajstić information content (AvgIpc) is 3.43. The topological polar surface area (TPSA) is 54.7 Å². The molecule has 2 aliphatic carbocycles. The SMILES string of the molecule is CC(C1CC1)N(C(=O)CS(=O)Cc1cn2ccccc2n1)C1CC1. The van der Waals surface area contributed by atoms with Gasteiger partial charge in [-0.05, 0) is 50.7 Å². The fraction of sp³-hybridized carbons (Fsp3) is 0.556. The molecular formula is C18H23N3O2S. The lowest BCUT2D eigenvalue weighted by Crippen LogP contribution is -2.43. The van der Waals surface area contributed by atoms with Crippen molar-refractivity contribution < 1.29 is 9.00 Å². The molecule has 1 amide bonds. The number of carbonyl (C=O) groups is 1. The summed E-state index contributed by atoms with van der Waals surface area (Å²) in [5.74, 6) is 1.16. The van der Waals surface area contributed by atoms with E-state index in [1.165, 1.54) is 12.8 Å². The fourth-order valence-corrected chi connectivity index (χ4v) is 4.40. The van der Waals surface area contributed by atoms with E-state index in [1.54, 1.807) is 0 Å². The number of carbonyl (C=O) groups excluding carboxylic acids is 1. The number of imidazole rings is 1. The normalized spacial score (nSPS) is 20.0. The summed E-state index contributed by atoms with van der Waals surface area (Å²) < 4.78 is 14.4. The van der Waals surface area contributed by atoms with Gasteiger partial charge < -0.3 is 9.30 Å². The molecule has 2 heterocycles. The Balaban J connectivity index is 1.40. The molecule has 0 aliphatic heterocycles. The monoisotopic (exact) mass is 345 g/mol. The van der Waals surface area contributed by atoms with Crippen LogP contribution in [0.2, 0.25) is 0 Å². The standard InChI is InChI=1S/C18H23N3O2S/c1-13(14-5-6-14)21(16-7-8-16)18(22)12-24(23)11-15-10-20-9-3-2-4-17(20)19-15/h2-4,9-10,13-14,16H,5-8,11-12H2,1H3. The van der Waals surface area contributed by atoms with Crippen molar-refractivity contribution in [2.24, 2.45) is 5.92 Å². The summed E-state index contributed by atoms with van der Waals surface area (Å²) in [7, 11) is -1.21. The van der Waals surface area contributed by atoms with Gasteiger partial charge in [0.05, 0.1) is 11.4 Å². The van der Waals surface area contributed by atoms with Crippen LogP contribution in [-0.2, 0) is 21.3 Å². The Labute approximate surface area is 144 Å². The first-order valence-corrected chi connectivity index (χ1v) is 10.2. The van der Waals surface area contributed by atoms with Gasteiger partial charge in [-0.25, -0.2) is 4.98 Å². The highest BCUT2D eigenvalue weighted by Crippen LogP contribution is 2.39. The van der Waals surface area contributed by atoms with E-state index in [2.05, 4.69) is 11.9 Å². The van der Waals surface area contributed by atoms with Crippen molar-refractivity contribution in [3.05, 3.63) is 36.3 Å². The van der Waals surface area contributed by atoms with Crippen molar-refractivity contribution in [1.82, 2.24) is 14.3 Å². The highest BCUT2D eigenvalue weighted by molar-refractivity contribution is 7.84. The Bertz CT molecular complexity index is 746. The summed E-state index contributed by atoms with van der Waals surface area (Å²) in [4.78, 5) is 19.2. The van der Waals surface area contributed by atoms with Gasteiger partial charge in [-0.15, -0.1) is 0 Å². The van der Waals surface area contributed by atoms with E-state index in [0.717, 1.165) is 24.2 Å². The average molecular weight is 345 g/mol. The predicted molar refractivity (Wildman–Crippen MR) is 94.0 cm³/mol. The number of amides is 1. The van der Waals surface area contributed by atoms with Crippen LogP contribution in [0, 0.1) is 5.92 Å². The highest BCUT2D eigenvalue weighted by Gasteiger charge is 2.41. The molecule has 0 saturated heterocycles. The summed E-state index contributed by atoms with van der Waals surface area (Å²) in [6, 6.07) is 6.48. The second kappa shape index (κ2) is 6.31. The first kappa shape index (κ1) is 15.8. The number of hydrogen-bond acceptors (Lipinski definition) is 3. The lowest BCUT2D eigenvalue weighted by molar-refractivity contribution is -0.131. The zero-order valence-corrected chi connectivity index (χ0v) is 14.7. The summed E-state index contributed by atoms with van der Waals surface area (Å²) in [5, 5.41) is 0. The molecule has 2 saturated carbocycles. The third-order valence-electron chi connectivity index (χ3n) is 4.98. The number of rotatable bonds is 7. The van der Waals surface area contributed by atoms with Crippen LogP contribution in [0.4, 0.5) is 0 Å². The van der Waals surface area contributed by atoms with Crippen LogP contribution in [0.25, 0.3) is 5.65 Å². The maximum absolute atomic E-state index is 12.7. The Morgan fingerprint density at radius 3 is 2.83 bits per heavy atom. The van der Waals surface area contributed by atoms with Gasteiger partial charge in [0.25, 0.3) is 0 Å². The Kier molecular flexibility index (Phi) is 4.16. The van der Waals surface area contributed by atoms with E-state index in [-0.39, 0.29) is 11.7 Å². The third kappa shape index (κ3) is 3.38. The fourth-order valence-electron chi connectivity index (χ4n) is 3.41. The van der Waals surface area contributed by atoms with Crippen LogP contribution in [-0.4, -0.2) is 42.2 Å². The maximum atomic E-state index is 12.7. The molecule has 0 N–H and O–H groups in total. The molecule has 2 fully saturated rings. The lowest BCUT2D eigenvalue weighted by Gasteiger charge is -2.29. The summed E-state index contributed by atoms with van der Waals surface area (Å²) in [5.41, 5.74) is 1.62. The molecule has 2 aromatic rings. The Hall–Kier alpha value is -1.69. The number of pyridine rings is 1. The minimum Gasteiger partial charge on any atom is -0.336 e. The molecule has 24 heavy (non-hydrogen) atoms. The number of fused-ring (bicyclic) bond motifs is 1. The van der Waals surface area contributed by atoms with Crippen LogP contribution in [0.1, 0.15) is 38.3 Å². The molecule has 6 heteroatoms. The highest BCUT2D eigenvalue weighted by atomic mass is 32.2. The lowest BCUT2D eigenvalue weighted by atomic mass is 10.2. The van der Waals surface area contributed by atoms with Gasteiger partial charge in [-0.2, -0.15) is 0 Å². The van der Waals surface area contributed by atoms with Crippen LogP contribution in [0.15, 0.2) is 30.6 Å². The summed E-state index contributed by atoms with van der Waals surface area (Å²) in [6.45, 7) is 2.15. The third-order valence-corrected chi connectivity index (χ3v) is 6.17. The van der Waals surface area contributed by atoms with Gasteiger partial charge >= 0.3 is 0 Å². The Morgan fingerprint density at radius 2 is 2.17 bits per heavy atom. The second-order valence-corrected chi connectivity index (χ2v) is 8.49. The van der Waals surface area contributed by atoms with Gasteiger partial charge in [0, 0.05) is 35.3 Å². The Morgan fingerprint density at radius 1 is 1.38 bits per heavy atom. The molecule has 0 radical (unpaired) electrons. The van der Waals surface area contributed by atoms with E-state index in [1.807, 2.05) is 39.9 Å². The largest absolute Gasteiger partial charge is 0.336 e. The number of hydrogen-bond donors (Lipinski definition) is 0. The van der Waals surface area contributed by atoms with E-state index >= 15 is 0 Å². The van der Waals surface area contributed by atoms with Crippen molar-refractivity contribution in [2.45, 2.75) is 50.4 Å². The van der Waals surface area contributed by atoms with Crippen molar-refractivity contribution in [1.29, 1.82) is 0 Å². The minimum absolute atomic E-state index is 0.0546. The minimum atomic E-state index is -1.21. The molecule has 2 unspecified atom stereocenters. The molecule has 2 atom stereocenters. The van der Waals surface area contributed by atoms with Gasteiger partial charge in [0.15, 0.2) is 0 Å². The molecule has 2 aromatic heterocycles. The summed E-state index contributed by atoms with van der Waals surface area (Å²) >= 11 is 0. The molecule has 0 aromatic carbocycles. The van der Waals surface area contributed by atoms with Crippen LogP contribution in [0.3, 0.4) is 0 Å². The molecule has 4 rings (SSSR count). The first-order valence-electron chi connectivity index (χ1n) is 8.70. The zero-order chi connectivity index (χ0) is 16.7. The van der Waals surface area contributed by atoms with Gasteiger partial charge in [0.1, 0.15) is 11.4 Å². The quantitative estimate of drug-likeness (QED) is 0.774. The smallest absolute Gasteiger partial charge is 0.235 e. The van der Waals surface area contributed by atoms with E-state index in [9.17, 15) is 9.00 Å². The van der Waals surface area contributed by atoms with E-state index < -0.39 is 10.8 Å².